The fraction of sp³-hybridized carbons (Fsp3) is 0.458. The number of anilines is 1. The minimum absolute atomic E-state index is 0.00376. The van der Waals surface area contributed by atoms with Crippen molar-refractivity contribution in [3.8, 4) is 0 Å². The van der Waals surface area contributed by atoms with Crippen LogP contribution in [0.1, 0.15) is 58.8 Å². The van der Waals surface area contributed by atoms with Crippen molar-refractivity contribution in [2.24, 2.45) is 13.0 Å². The number of hydrogen-bond acceptors (Lipinski definition) is 6. The lowest BCUT2D eigenvalue weighted by Gasteiger charge is -2.31. The number of Topliss-reactive ketones (excluding diaryl/α,β-unsaturated/α-hetero) is 1. The monoisotopic (exact) mass is 489 g/mol. The van der Waals surface area contributed by atoms with Gasteiger partial charge in [0.1, 0.15) is 10.5 Å². The van der Waals surface area contributed by atoms with Crippen molar-refractivity contribution in [2.75, 3.05) is 25.0 Å². The van der Waals surface area contributed by atoms with Crippen LogP contribution < -0.4 is 5.32 Å². The lowest BCUT2D eigenvalue weighted by Crippen LogP contribution is -2.44. The number of ether oxygens (including phenoxy) is 1. The number of benzene rings is 1. The zero-order valence-corrected chi connectivity index (χ0v) is 21.0. The third-order valence-corrected chi connectivity index (χ3v) is 8.32. The predicted molar refractivity (Wildman–Crippen MR) is 127 cm³/mol. The number of esters is 1. The zero-order chi connectivity index (χ0) is 25.2. The van der Waals surface area contributed by atoms with Gasteiger partial charge in [-0.3, -0.25) is 9.59 Å². The number of sulfonamides is 1. The Hall–Kier alpha value is -2.98. The molecule has 1 aliphatic rings. The third-order valence-electron chi connectivity index (χ3n) is 6.29. The number of carbonyl (C=O) groups is 3. The van der Waals surface area contributed by atoms with Crippen LogP contribution in [-0.4, -0.2) is 54.6 Å². The minimum Gasteiger partial charge on any atom is -0.462 e. The topological polar surface area (TPSA) is 115 Å². The van der Waals surface area contributed by atoms with E-state index >= 15 is 0 Å². The van der Waals surface area contributed by atoms with Crippen LogP contribution in [-0.2, 0) is 26.6 Å². The summed E-state index contributed by atoms with van der Waals surface area (Å²) < 4.78 is 35.4. The summed E-state index contributed by atoms with van der Waals surface area (Å²) in [5.74, 6) is -1.68. The molecule has 1 fully saturated rings. The van der Waals surface area contributed by atoms with Gasteiger partial charge in [0.25, 0.3) is 0 Å². The average Bonchev–Trinajstić information content (AvgIpc) is 3.04. The normalized spacial score (nSPS) is 16.8. The second kappa shape index (κ2) is 10.1. The molecule has 2 heterocycles. The van der Waals surface area contributed by atoms with Crippen LogP contribution in [0.4, 0.5) is 5.69 Å². The third kappa shape index (κ3) is 4.92. The Morgan fingerprint density at radius 2 is 1.88 bits per heavy atom. The van der Waals surface area contributed by atoms with Gasteiger partial charge >= 0.3 is 5.97 Å². The molecule has 1 aromatic carbocycles. The van der Waals surface area contributed by atoms with Gasteiger partial charge in [0.05, 0.1) is 12.5 Å². The molecule has 1 atom stereocenters. The number of ketones is 1. The number of piperidine rings is 1. The van der Waals surface area contributed by atoms with Gasteiger partial charge in [-0.15, -0.1) is 0 Å². The first kappa shape index (κ1) is 25.6. The highest BCUT2D eigenvalue weighted by Crippen LogP contribution is 2.32. The van der Waals surface area contributed by atoms with E-state index in [0.29, 0.717) is 35.5 Å². The molecule has 1 saturated heterocycles. The molecule has 34 heavy (non-hydrogen) atoms. The number of carbonyl (C=O) groups excluding carboxylic acids is 3. The maximum Gasteiger partial charge on any atom is 0.341 e. The molecule has 1 aliphatic heterocycles. The molecule has 0 aliphatic carbocycles. The first-order valence-electron chi connectivity index (χ1n) is 11.2. The summed E-state index contributed by atoms with van der Waals surface area (Å²) in [5.41, 5.74) is 1.94. The van der Waals surface area contributed by atoms with Gasteiger partial charge in [0, 0.05) is 42.8 Å². The standard InChI is InChI=1S/C24H31N3O6S/c1-6-33-24(30)21-15(2)26(5)16(3)22(21)34(31,32)27-12-8-10-19(14-27)23(29)25-20-11-7-9-18(13-20)17(4)28/h7,9,11,13,19H,6,8,10,12,14H2,1-5H3,(H,25,29)/t19-/m0/s1. The van der Waals surface area contributed by atoms with Gasteiger partial charge in [-0.2, -0.15) is 4.31 Å². The second-order valence-corrected chi connectivity index (χ2v) is 10.4. The van der Waals surface area contributed by atoms with E-state index in [1.165, 1.54) is 11.2 Å². The predicted octanol–water partition coefficient (Wildman–Crippen LogP) is 3.06. The van der Waals surface area contributed by atoms with Crippen LogP contribution >= 0.6 is 0 Å². The van der Waals surface area contributed by atoms with Crippen molar-refractivity contribution in [1.82, 2.24) is 8.87 Å². The van der Waals surface area contributed by atoms with Gasteiger partial charge in [-0.05, 0) is 52.7 Å². The fourth-order valence-electron chi connectivity index (χ4n) is 4.24. The summed E-state index contributed by atoms with van der Waals surface area (Å²) in [6.45, 7) is 6.82. The highest BCUT2D eigenvalue weighted by Gasteiger charge is 2.39. The fourth-order valence-corrected chi connectivity index (χ4v) is 6.24. The van der Waals surface area contributed by atoms with E-state index in [1.54, 1.807) is 56.7 Å². The van der Waals surface area contributed by atoms with E-state index in [2.05, 4.69) is 5.32 Å². The number of amides is 1. The Morgan fingerprint density at radius 3 is 2.53 bits per heavy atom. The molecule has 10 heteroatoms. The smallest absolute Gasteiger partial charge is 0.341 e. The number of nitrogens with one attached hydrogen (secondary N) is 1. The average molecular weight is 490 g/mol. The molecule has 0 bridgehead atoms. The van der Waals surface area contributed by atoms with Crippen molar-refractivity contribution < 1.29 is 27.5 Å². The molecule has 1 aromatic heterocycles. The van der Waals surface area contributed by atoms with Crippen LogP contribution in [0.5, 0.6) is 0 Å². The lowest BCUT2D eigenvalue weighted by atomic mass is 9.98. The van der Waals surface area contributed by atoms with E-state index < -0.39 is 21.9 Å². The molecular weight excluding hydrogens is 458 g/mol. The summed E-state index contributed by atoms with van der Waals surface area (Å²) >= 11 is 0. The summed E-state index contributed by atoms with van der Waals surface area (Å²) in [5, 5.41) is 2.80. The largest absolute Gasteiger partial charge is 0.462 e. The highest BCUT2D eigenvalue weighted by atomic mass is 32.2. The number of rotatable bonds is 7. The van der Waals surface area contributed by atoms with Crippen LogP contribution in [0.3, 0.4) is 0 Å². The lowest BCUT2D eigenvalue weighted by molar-refractivity contribution is -0.120. The molecule has 1 N–H and O–H groups in total. The second-order valence-electron chi connectivity index (χ2n) is 8.48. The van der Waals surface area contributed by atoms with Crippen LogP contribution in [0.15, 0.2) is 29.2 Å². The quantitative estimate of drug-likeness (QED) is 0.472. The maximum atomic E-state index is 13.7. The molecule has 0 unspecified atom stereocenters. The number of aromatic nitrogens is 1. The molecule has 184 valence electrons. The minimum atomic E-state index is -4.06. The molecular formula is C24H31N3O6S. The van der Waals surface area contributed by atoms with E-state index in [4.69, 9.17) is 4.74 Å². The summed E-state index contributed by atoms with van der Waals surface area (Å²) in [7, 11) is -2.36. The molecule has 0 radical (unpaired) electrons. The van der Waals surface area contributed by atoms with Crippen molar-refractivity contribution >= 4 is 33.4 Å². The first-order valence-corrected chi connectivity index (χ1v) is 12.7. The Bertz CT molecular complexity index is 1230. The Kier molecular flexibility index (Phi) is 7.62. The van der Waals surface area contributed by atoms with Crippen molar-refractivity contribution in [3.63, 3.8) is 0 Å². The van der Waals surface area contributed by atoms with E-state index in [-0.39, 0.29) is 41.8 Å². The maximum absolute atomic E-state index is 13.7. The Labute approximate surface area is 200 Å². The molecule has 9 nitrogen and oxygen atoms in total. The molecule has 2 aromatic rings. The SMILES string of the molecule is CCOC(=O)c1c(S(=O)(=O)N2CCC[C@H](C(=O)Nc3cccc(C(C)=O)c3)C2)c(C)n(C)c1C. The van der Waals surface area contributed by atoms with Crippen molar-refractivity contribution in [3.05, 3.63) is 46.8 Å². The van der Waals surface area contributed by atoms with Crippen LogP contribution in [0.2, 0.25) is 0 Å². The zero-order valence-electron chi connectivity index (χ0n) is 20.2. The first-order chi connectivity index (χ1) is 16.0. The van der Waals surface area contributed by atoms with Gasteiger partial charge < -0.3 is 14.6 Å². The van der Waals surface area contributed by atoms with Gasteiger partial charge in [0.2, 0.25) is 15.9 Å². The van der Waals surface area contributed by atoms with E-state index in [1.807, 2.05) is 0 Å². The summed E-state index contributed by atoms with van der Waals surface area (Å²) in [4.78, 5) is 37.1. The Morgan fingerprint density at radius 1 is 1.18 bits per heavy atom. The molecule has 0 spiro atoms. The highest BCUT2D eigenvalue weighted by molar-refractivity contribution is 7.89. The van der Waals surface area contributed by atoms with Crippen molar-refractivity contribution in [2.45, 2.75) is 45.4 Å². The number of nitrogens with zero attached hydrogens (tertiary/aromatic N) is 2. The molecule has 0 saturated carbocycles. The van der Waals surface area contributed by atoms with Crippen LogP contribution in [0, 0.1) is 19.8 Å². The summed E-state index contributed by atoms with van der Waals surface area (Å²) in [6.07, 6.45) is 1.03. The molecule has 3 rings (SSSR count). The van der Waals surface area contributed by atoms with Gasteiger partial charge in [-0.25, -0.2) is 13.2 Å². The molecule has 1 amide bonds. The van der Waals surface area contributed by atoms with E-state index in [9.17, 15) is 22.8 Å². The number of hydrogen-bond donors (Lipinski definition) is 1. The van der Waals surface area contributed by atoms with E-state index in [0.717, 1.165) is 0 Å². The van der Waals surface area contributed by atoms with Crippen LogP contribution in [0.25, 0.3) is 0 Å². The van der Waals surface area contributed by atoms with Gasteiger partial charge in [-0.1, -0.05) is 12.1 Å². The van der Waals surface area contributed by atoms with Gasteiger partial charge in [0.15, 0.2) is 5.78 Å². The van der Waals surface area contributed by atoms with Crippen molar-refractivity contribution in [1.29, 1.82) is 0 Å². The Balaban J connectivity index is 1.87. The summed E-state index contributed by atoms with van der Waals surface area (Å²) in [6, 6.07) is 6.63.